The van der Waals surface area contributed by atoms with Crippen LogP contribution in [0.25, 0.3) is 0 Å². The number of nitrogen functional groups attached to an aromatic ring is 1. The number of rotatable bonds is 6. The molecule has 6 nitrogen and oxygen atoms in total. The molecule has 0 aliphatic heterocycles. The molecule has 0 saturated carbocycles. The predicted molar refractivity (Wildman–Crippen MR) is 107 cm³/mol. The van der Waals surface area contributed by atoms with Gasteiger partial charge in [-0.2, -0.15) is 0 Å². The van der Waals surface area contributed by atoms with Gasteiger partial charge in [-0.3, -0.25) is 4.79 Å². The van der Waals surface area contributed by atoms with Crippen LogP contribution in [0.1, 0.15) is 26.3 Å². The number of benzene rings is 3. The molecule has 3 rings (SSSR count). The van der Waals surface area contributed by atoms with Gasteiger partial charge < -0.3 is 20.5 Å². The minimum Gasteiger partial charge on any atom is -0.489 e. The normalized spacial score (nSPS) is 10.2. The van der Waals surface area contributed by atoms with Crippen LogP contribution >= 0.6 is 0 Å². The van der Waals surface area contributed by atoms with Crippen molar-refractivity contribution in [3.63, 3.8) is 0 Å². The molecule has 6 heteroatoms. The van der Waals surface area contributed by atoms with Gasteiger partial charge in [-0.25, -0.2) is 4.79 Å². The Morgan fingerprint density at radius 1 is 0.929 bits per heavy atom. The quantitative estimate of drug-likeness (QED) is 0.503. The molecule has 0 aliphatic rings. The molecule has 3 aromatic carbocycles. The van der Waals surface area contributed by atoms with E-state index in [2.05, 4.69) is 5.32 Å². The Balaban J connectivity index is 1.81. The third-order valence-electron chi connectivity index (χ3n) is 4.10. The molecule has 0 heterocycles. The Bertz CT molecular complexity index is 987. The van der Waals surface area contributed by atoms with Crippen molar-refractivity contribution in [2.24, 2.45) is 0 Å². The van der Waals surface area contributed by atoms with Crippen LogP contribution < -0.4 is 15.8 Å². The molecule has 3 aromatic rings. The molecule has 3 N–H and O–H groups in total. The second kappa shape index (κ2) is 8.73. The van der Waals surface area contributed by atoms with E-state index in [0.717, 1.165) is 5.56 Å². The summed E-state index contributed by atoms with van der Waals surface area (Å²) in [7, 11) is 1.28. The second-order valence-corrected chi connectivity index (χ2v) is 6.01. The lowest BCUT2D eigenvalue weighted by atomic mass is 10.1. The number of anilines is 2. The zero-order chi connectivity index (χ0) is 19.9. The first-order chi connectivity index (χ1) is 13.6. The van der Waals surface area contributed by atoms with Gasteiger partial charge in [0.25, 0.3) is 5.91 Å². The summed E-state index contributed by atoms with van der Waals surface area (Å²) in [6.45, 7) is 0.355. The van der Waals surface area contributed by atoms with Gasteiger partial charge in [0.2, 0.25) is 0 Å². The van der Waals surface area contributed by atoms with Gasteiger partial charge in [0.1, 0.15) is 12.4 Å². The zero-order valence-electron chi connectivity index (χ0n) is 15.3. The smallest absolute Gasteiger partial charge is 0.340 e. The fourth-order valence-electron chi connectivity index (χ4n) is 2.64. The molecular weight excluding hydrogens is 356 g/mol. The van der Waals surface area contributed by atoms with E-state index in [-0.39, 0.29) is 5.56 Å². The van der Waals surface area contributed by atoms with Crippen molar-refractivity contribution in [1.82, 2.24) is 0 Å². The molecule has 142 valence electrons. The summed E-state index contributed by atoms with van der Waals surface area (Å²) in [5, 5.41) is 2.71. The number of carbonyl (C=O) groups excluding carboxylic acids is 2. The fraction of sp³-hybridized carbons (Fsp3) is 0.0909. The zero-order valence-corrected chi connectivity index (χ0v) is 15.3. The van der Waals surface area contributed by atoms with Crippen LogP contribution in [0, 0.1) is 0 Å². The molecule has 0 bridgehead atoms. The highest BCUT2D eigenvalue weighted by Gasteiger charge is 2.17. The number of para-hydroxylation sites is 1. The molecule has 0 spiro atoms. The van der Waals surface area contributed by atoms with Crippen LogP contribution in [0.5, 0.6) is 5.75 Å². The monoisotopic (exact) mass is 376 g/mol. The van der Waals surface area contributed by atoms with E-state index < -0.39 is 11.9 Å². The number of esters is 1. The molecule has 0 atom stereocenters. The summed E-state index contributed by atoms with van der Waals surface area (Å²) in [6, 6.07) is 21.2. The molecule has 0 saturated heterocycles. The number of nitrogens with two attached hydrogens (primary N) is 1. The highest BCUT2D eigenvalue weighted by Crippen LogP contribution is 2.25. The first-order valence-corrected chi connectivity index (χ1v) is 8.63. The summed E-state index contributed by atoms with van der Waals surface area (Å²) < 4.78 is 10.6. The van der Waals surface area contributed by atoms with E-state index in [1.54, 1.807) is 42.5 Å². The molecule has 0 radical (unpaired) electrons. The number of hydrogen-bond acceptors (Lipinski definition) is 5. The van der Waals surface area contributed by atoms with Gasteiger partial charge in [-0.15, -0.1) is 0 Å². The Labute approximate surface area is 162 Å². The highest BCUT2D eigenvalue weighted by atomic mass is 16.5. The number of hydrogen-bond donors (Lipinski definition) is 2. The standard InChI is InChI=1S/C22H20N2O4/c1-27-22(26)18-13-16(28-14-15-7-3-2-4-8-15)11-12-20(18)24-21(25)17-9-5-6-10-19(17)23/h2-13H,14,23H2,1H3,(H,24,25). The van der Waals surface area contributed by atoms with E-state index in [9.17, 15) is 9.59 Å². The third-order valence-corrected chi connectivity index (χ3v) is 4.10. The van der Waals surface area contributed by atoms with Gasteiger partial charge in [0.05, 0.1) is 23.9 Å². The summed E-state index contributed by atoms with van der Waals surface area (Å²) in [5.74, 6) is -0.510. The van der Waals surface area contributed by atoms with Gasteiger partial charge in [0, 0.05) is 5.69 Å². The third kappa shape index (κ3) is 4.48. The Kier molecular flexibility index (Phi) is 5.91. The van der Waals surface area contributed by atoms with Crippen molar-refractivity contribution in [1.29, 1.82) is 0 Å². The maximum absolute atomic E-state index is 12.5. The number of methoxy groups -OCH3 is 1. The molecule has 0 aromatic heterocycles. The predicted octanol–water partition coefficient (Wildman–Crippen LogP) is 3.89. The minimum atomic E-state index is -0.582. The van der Waals surface area contributed by atoms with Crippen LogP contribution in [0.2, 0.25) is 0 Å². The Morgan fingerprint density at radius 3 is 2.36 bits per heavy atom. The second-order valence-electron chi connectivity index (χ2n) is 6.01. The van der Waals surface area contributed by atoms with Crippen LogP contribution in [0.4, 0.5) is 11.4 Å². The molecule has 1 amide bonds. The van der Waals surface area contributed by atoms with Crippen LogP contribution in [0.15, 0.2) is 72.8 Å². The Morgan fingerprint density at radius 2 is 1.64 bits per heavy atom. The first kappa shape index (κ1) is 19.0. The van der Waals surface area contributed by atoms with Gasteiger partial charge in [-0.1, -0.05) is 42.5 Å². The van der Waals surface area contributed by atoms with Crippen LogP contribution in [0.3, 0.4) is 0 Å². The summed E-state index contributed by atoms with van der Waals surface area (Å²) >= 11 is 0. The van der Waals surface area contributed by atoms with E-state index in [1.165, 1.54) is 7.11 Å². The van der Waals surface area contributed by atoms with Crippen molar-refractivity contribution >= 4 is 23.3 Å². The van der Waals surface area contributed by atoms with Crippen LogP contribution in [-0.4, -0.2) is 19.0 Å². The number of ether oxygens (including phenoxy) is 2. The lowest BCUT2D eigenvalue weighted by Gasteiger charge is -2.13. The molecular formula is C22H20N2O4. The maximum atomic E-state index is 12.5. The van der Waals surface area contributed by atoms with Crippen molar-refractivity contribution in [2.45, 2.75) is 6.61 Å². The van der Waals surface area contributed by atoms with E-state index in [4.69, 9.17) is 15.2 Å². The van der Waals surface area contributed by atoms with Gasteiger partial charge >= 0.3 is 5.97 Å². The van der Waals surface area contributed by atoms with Gasteiger partial charge in [0.15, 0.2) is 0 Å². The SMILES string of the molecule is COC(=O)c1cc(OCc2ccccc2)ccc1NC(=O)c1ccccc1N. The molecule has 0 aliphatic carbocycles. The fourth-order valence-corrected chi connectivity index (χ4v) is 2.64. The lowest BCUT2D eigenvalue weighted by Crippen LogP contribution is -2.17. The maximum Gasteiger partial charge on any atom is 0.340 e. The summed E-state index contributed by atoms with van der Waals surface area (Å²) in [4.78, 5) is 24.7. The van der Waals surface area contributed by atoms with E-state index >= 15 is 0 Å². The average Bonchev–Trinajstić information content (AvgIpc) is 2.73. The first-order valence-electron chi connectivity index (χ1n) is 8.63. The van der Waals surface area contributed by atoms with Crippen molar-refractivity contribution in [3.8, 4) is 5.75 Å². The molecule has 0 fully saturated rings. The summed E-state index contributed by atoms with van der Waals surface area (Å²) in [6.07, 6.45) is 0. The minimum absolute atomic E-state index is 0.191. The van der Waals surface area contributed by atoms with Crippen LogP contribution in [-0.2, 0) is 11.3 Å². The van der Waals surface area contributed by atoms with E-state index in [0.29, 0.717) is 29.3 Å². The van der Waals surface area contributed by atoms with E-state index in [1.807, 2.05) is 30.3 Å². The van der Waals surface area contributed by atoms with Crippen molar-refractivity contribution in [3.05, 3.63) is 89.5 Å². The average molecular weight is 376 g/mol. The largest absolute Gasteiger partial charge is 0.489 e. The molecule has 28 heavy (non-hydrogen) atoms. The topological polar surface area (TPSA) is 90.6 Å². The van der Waals surface area contributed by atoms with Crippen molar-refractivity contribution < 1.29 is 19.1 Å². The highest BCUT2D eigenvalue weighted by molar-refractivity contribution is 6.10. The Hall–Kier alpha value is -3.80. The number of carbonyl (C=O) groups is 2. The molecule has 0 unspecified atom stereocenters. The van der Waals surface area contributed by atoms with Gasteiger partial charge in [-0.05, 0) is 35.9 Å². The lowest BCUT2D eigenvalue weighted by molar-refractivity contribution is 0.0601. The summed E-state index contributed by atoms with van der Waals surface area (Å²) in [5.41, 5.74) is 8.02. The van der Waals surface area contributed by atoms with Crippen molar-refractivity contribution in [2.75, 3.05) is 18.2 Å². The number of amides is 1. The number of nitrogens with one attached hydrogen (secondary N) is 1.